The maximum atomic E-state index is 13.7. The van der Waals surface area contributed by atoms with Gasteiger partial charge in [0.1, 0.15) is 16.9 Å². The fourth-order valence-corrected chi connectivity index (χ4v) is 7.82. The lowest BCUT2D eigenvalue weighted by atomic mass is 10.0. The molecule has 0 unspecified atom stereocenters. The van der Waals surface area contributed by atoms with Crippen molar-refractivity contribution >= 4 is 44.0 Å². The van der Waals surface area contributed by atoms with Crippen LogP contribution in [0.3, 0.4) is 0 Å². The van der Waals surface area contributed by atoms with Gasteiger partial charge < -0.3 is 19.3 Å². The van der Waals surface area contributed by atoms with Crippen LogP contribution in [0, 0.1) is 0 Å². The molecule has 0 radical (unpaired) electrons. The first-order chi connectivity index (χ1) is 20.0. The molecule has 12 nitrogen and oxygen atoms in total. The van der Waals surface area contributed by atoms with Crippen LogP contribution in [-0.4, -0.2) is 96.6 Å². The zero-order valence-electron chi connectivity index (χ0n) is 23.2. The molecule has 7 rings (SSSR count). The minimum atomic E-state index is -4.00. The van der Waals surface area contributed by atoms with Crippen LogP contribution < -0.4 is 9.62 Å². The van der Waals surface area contributed by atoms with Crippen molar-refractivity contribution in [2.24, 2.45) is 0 Å². The molecule has 1 N–H and O–H groups in total. The van der Waals surface area contributed by atoms with Crippen LogP contribution in [0.5, 0.6) is 0 Å². The van der Waals surface area contributed by atoms with Gasteiger partial charge in [-0.25, -0.2) is 26.9 Å². The van der Waals surface area contributed by atoms with Crippen molar-refractivity contribution < 1.29 is 31.5 Å². The Bertz CT molecular complexity index is 1660. The van der Waals surface area contributed by atoms with Gasteiger partial charge >= 0.3 is 0 Å². The summed E-state index contributed by atoms with van der Waals surface area (Å²) in [6.07, 6.45) is 0.405. The summed E-state index contributed by atoms with van der Waals surface area (Å²) in [5, 5.41) is 7.52. The van der Waals surface area contributed by atoms with E-state index in [0.29, 0.717) is 61.6 Å². The van der Waals surface area contributed by atoms with E-state index in [1.807, 2.05) is 4.90 Å². The highest BCUT2D eigenvalue weighted by Crippen LogP contribution is 2.45. The van der Waals surface area contributed by atoms with Crippen molar-refractivity contribution in [2.45, 2.75) is 61.0 Å². The number of fused-ring (bicyclic) bond motifs is 1. The molecule has 2 saturated heterocycles. The molecular weight excluding hydrogens is 592 g/mol. The Morgan fingerprint density at radius 1 is 1.17 bits per heavy atom. The van der Waals surface area contributed by atoms with Gasteiger partial charge in [0.05, 0.1) is 34.9 Å². The van der Waals surface area contributed by atoms with Crippen molar-refractivity contribution in [3.63, 3.8) is 0 Å². The molecule has 0 atom stereocenters. The molecule has 16 heteroatoms. The number of carbonyl (C=O) groups is 1. The van der Waals surface area contributed by atoms with Crippen molar-refractivity contribution in [3.8, 4) is 5.13 Å². The first-order valence-corrected chi connectivity index (χ1v) is 16.2. The van der Waals surface area contributed by atoms with Gasteiger partial charge in [-0.2, -0.15) is 0 Å². The van der Waals surface area contributed by atoms with Gasteiger partial charge in [-0.3, -0.25) is 9.36 Å². The van der Waals surface area contributed by atoms with E-state index in [4.69, 9.17) is 14.5 Å². The molecule has 4 aliphatic rings. The number of ether oxygens (including phenoxy) is 2. The van der Waals surface area contributed by atoms with Gasteiger partial charge in [-0.1, -0.05) is 11.3 Å². The number of hydrogen-bond donors (Lipinski definition) is 1. The van der Waals surface area contributed by atoms with Gasteiger partial charge in [-0.15, -0.1) is 10.2 Å². The molecule has 0 bridgehead atoms. The number of imidazole rings is 1. The summed E-state index contributed by atoms with van der Waals surface area (Å²) in [6.45, 7) is 4.10. The molecule has 4 heterocycles. The maximum absolute atomic E-state index is 13.7. The Hall–Kier alpha value is -2.79. The van der Waals surface area contributed by atoms with E-state index in [2.05, 4.69) is 14.9 Å². The van der Waals surface area contributed by atoms with E-state index < -0.39 is 32.6 Å². The number of piperazine rings is 1. The molecule has 226 valence electrons. The number of carbonyl (C=O) groups excluding carboxylic acids is 1. The summed E-state index contributed by atoms with van der Waals surface area (Å²) in [5.74, 6) is 0.735. The molecule has 2 aliphatic carbocycles. The Balaban J connectivity index is 1.32. The predicted molar refractivity (Wildman–Crippen MR) is 149 cm³/mol. The fraction of sp³-hybridized carbons (Fsp3) is 0.615. The second-order valence-corrected chi connectivity index (χ2v) is 14.4. The Labute approximate surface area is 245 Å². The zero-order chi connectivity index (χ0) is 29.4. The molecule has 2 aromatic heterocycles. The molecule has 1 aromatic carbocycles. The van der Waals surface area contributed by atoms with Gasteiger partial charge in [-0.05, 0) is 44.7 Å². The van der Waals surface area contributed by atoms with Crippen LogP contribution >= 0.6 is 11.3 Å². The van der Waals surface area contributed by atoms with Crippen LogP contribution in [-0.2, 0) is 24.3 Å². The molecule has 4 fully saturated rings. The summed E-state index contributed by atoms with van der Waals surface area (Å²) in [7, 11) is -2.44. The van der Waals surface area contributed by atoms with Crippen molar-refractivity contribution in [2.75, 3.05) is 51.4 Å². The van der Waals surface area contributed by atoms with Crippen LogP contribution in [0.1, 0.15) is 55.8 Å². The van der Waals surface area contributed by atoms with Gasteiger partial charge in [0, 0.05) is 39.2 Å². The van der Waals surface area contributed by atoms with Gasteiger partial charge in [0.25, 0.3) is 12.3 Å². The average Bonchev–Trinajstić information content (AvgIpc) is 3.87. The number of hydrogen-bond acceptors (Lipinski definition) is 10. The largest absolute Gasteiger partial charge is 0.377 e. The second kappa shape index (κ2) is 9.87. The molecule has 2 saturated carbocycles. The molecule has 3 aromatic rings. The highest BCUT2D eigenvalue weighted by molar-refractivity contribution is 7.89. The average molecular weight is 624 g/mol. The Kier molecular flexibility index (Phi) is 6.58. The first-order valence-electron chi connectivity index (χ1n) is 13.9. The third-order valence-electron chi connectivity index (χ3n) is 8.41. The topological polar surface area (TPSA) is 132 Å². The van der Waals surface area contributed by atoms with Crippen molar-refractivity contribution in [3.05, 3.63) is 23.0 Å². The molecule has 42 heavy (non-hydrogen) atoms. The van der Waals surface area contributed by atoms with E-state index in [1.54, 1.807) is 29.6 Å². The summed E-state index contributed by atoms with van der Waals surface area (Å²) < 4.78 is 69.5. The molecule has 1 amide bonds. The van der Waals surface area contributed by atoms with Crippen LogP contribution in [0.15, 0.2) is 17.0 Å². The molecular formula is C26H31F2N7O5S2. The number of rotatable bonds is 9. The quantitative estimate of drug-likeness (QED) is 0.382. The number of methoxy groups -OCH3 is 1. The van der Waals surface area contributed by atoms with Gasteiger partial charge in [0.2, 0.25) is 15.2 Å². The minimum absolute atomic E-state index is 0.0160. The number of anilines is 1. The summed E-state index contributed by atoms with van der Waals surface area (Å²) in [5.41, 5.74) is 0.162. The molecule has 0 spiro atoms. The Morgan fingerprint density at radius 2 is 1.88 bits per heavy atom. The first kappa shape index (κ1) is 28.0. The number of aromatic nitrogens is 4. The lowest BCUT2D eigenvalue weighted by Crippen LogP contribution is -2.59. The number of benzene rings is 1. The summed E-state index contributed by atoms with van der Waals surface area (Å²) in [6, 6.07) is 3.14. The third-order valence-corrected chi connectivity index (χ3v) is 10.9. The predicted octanol–water partition coefficient (Wildman–Crippen LogP) is 2.59. The van der Waals surface area contributed by atoms with Crippen LogP contribution in [0.4, 0.5) is 14.5 Å². The number of alkyl halides is 2. The Morgan fingerprint density at radius 3 is 2.43 bits per heavy atom. The maximum Gasteiger partial charge on any atom is 0.291 e. The van der Waals surface area contributed by atoms with E-state index in [0.717, 1.165) is 24.2 Å². The van der Waals surface area contributed by atoms with Crippen molar-refractivity contribution in [1.82, 2.24) is 29.4 Å². The number of amides is 1. The van der Waals surface area contributed by atoms with Crippen molar-refractivity contribution in [1.29, 1.82) is 0 Å². The lowest BCUT2D eigenvalue weighted by Gasteiger charge is -2.38. The smallest absolute Gasteiger partial charge is 0.291 e. The van der Waals surface area contributed by atoms with E-state index in [9.17, 15) is 22.0 Å². The summed E-state index contributed by atoms with van der Waals surface area (Å²) >= 11 is 0.764. The third kappa shape index (κ3) is 4.76. The molecule has 2 aliphatic heterocycles. The van der Waals surface area contributed by atoms with Crippen LogP contribution in [0.2, 0.25) is 0 Å². The van der Waals surface area contributed by atoms with Crippen LogP contribution in [0.25, 0.3) is 16.2 Å². The SMILES string of the molecule is COC1(C(=O)N2CCN(c3cc(S(=O)(=O)NC4(C)COC4)cc4c3nc(C3CC3)n4-c3nnc(C(F)F)s3)CC2)CC1. The van der Waals surface area contributed by atoms with Gasteiger partial charge in [0.15, 0.2) is 5.01 Å². The number of sulfonamides is 1. The second-order valence-electron chi connectivity index (χ2n) is 11.8. The fourth-order valence-electron chi connectivity index (χ4n) is 5.68. The van der Waals surface area contributed by atoms with E-state index in [1.165, 1.54) is 6.07 Å². The number of halogens is 2. The highest BCUT2D eigenvalue weighted by atomic mass is 32.2. The lowest BCUT2D eigenvalue weighted by molar-refractivity contribution is -0.144. The minimum Gasteiger partial charge on any atom is -0.377 e. The van der Waals surface area contributed by atoms with E-state index >= 15 is 0 Å². The normalized spacial score (nSPS) is 21.6. The number of nitrogens with one attached hydrogen (secondary N) is 1. The number of nitrogens with zero attached hydrogens (tertiary/aromatic N) is 6. The van der Waals surface area contributed by atoms with E-state index in [-0.39, 0.29) is 35.1 Å². The monoisotopic (exact) mass is 623 g/mol. The summed E-state index contributed by atoms with van der Waals surface area (Å²) in [4.78, 5) is 21.9. The standard InChI is InChI=1S/C26H31F2N7O5S2/c1-25(13-40-14-25)32-42(37,38)16-11-17(33-7-9-34(10-8-33)23(36)26(39-2)5-6-26)19-18(12-16)35(21(29-19)15-3-4-15)24-31-30-22(41-24)20(27)28/h11-12,15,20,32H,3-10,13-14H2,1-2H3. The highest BCUT2D eigenvalue weighted by Gasteiger charge is 2.52. The zero-order valence-corrected chi connectivity index (χ0v) is 24.8.